The second-order valence-corrected chi connectivity index (χ2v) is 7.84. The van der Waals surface area contributed by atoms with E-state index in [1.165, 1.54) is 14.0 Å². The lowest BCUT2D eigenvalue weighted by Crippen LogP contribution is -2.49. The van der Waals surface area contributed by atoms with Gasteiger partial charge < -0.3 is 14.4 Å². The number of methoxy groups -OCH3 is 1. The molecule has 1 heterocycles. The summed E-state index contributed by atoms with van der Waals surface area (Å²) in [6.45, 7) is 10.9. The highest BCUT2D eigenvalue weighted by atomic mass is 16.5. The molecule has 0 spiro atoms. The third-order valence-corrected chi connectivity index (χ3v) is 5.22. The summed E-state index contributed by atoms with van der Waals surface area (Å²) in [7, 11) is 1.26. The van der Waals surface area contributed by atoms with Crippen molar-refractivity contribution in [1.29, 1.82) is 5.26 Å². The monoisotopic (exact) mass is 384 g/mol. The second-order valence-electron chi connectivity index (χ2n) is 7.84. The van der Waals surface area contributed by atoms with E-state index in [4.69, 9.17) is 4.74 Å². The standard InChI is InChI=1S/C22H28N2O4/c1-14-9-20-19(11-17(14)10-18(13-23)21(26)27-6)15(2)12-22(4,5)24(20)7-8-28-16(3)25/h9-11,15H,7-8,12H2,1-6H3. The molecule has 1 aromatic carbocycles. The molecule has 0 amide bonds. The topological polar surface area (TPSA) is 79.6 Å². The van der Waals surface area contributed by atoms with Gasteiger partial charge in [-0.1, -0.05) is 6.92 Å². The van der Waals surface area contributed by atoms with Gasteiger partial charge in [-0.2, -0.15) is 5.26 Å². The Balaban J connectivity index is 2.49. The van der Waals surface area contributed by atoms with Crippen LogP contribution in [0.3, 0.4) is 0 Å². The van der Waals surface area contributed by atoms with Crippen LogP contribution in [0.4, 0.5) is 5.69 Å². The smallest absolute Gasteiger partial charge is 0.348 e. The van der Waals surface area contributed by atoms with E-state index < -0.39 is 5.97 Å². The van der Waals surface area contributed by atoms with Gasteiger partial charge in [-0.25, -0.2) is 4.79 Å². The predicted octanol–water partition coefficient (Wildman–Crippen LogP) is 3.73. The van der Waals surface area contributed by atoms with E-state index >= 15 is 0 Å². The lowest BCUT2D eigenvalue weighted by atomic mass is 9.79. The summed E-state index contributed by atoms with van der Waals surface area (Å²) in [6, 6.07) is 6.04. The fourth-order valence-corrected chi connectivity index (χ4v) is 3.91. The Bertz CT molecular complexity index is 849. The zero-order chi connectivity index (χ0) is 21.1. The van der Waals surface area contributed by atoms with Crippen LogP contribution in [0.1, 0.15) is 56.7 Å². The number of carbonyl (C=O) groups is 2. The number of aryl methyl sites for hydroxylation is 1. The van der Waals surface area contributed by atoms with Crippen molar-refractivity contribution in [3.8, 4) is 6.07 Å². The van der Waals surface area contributed by atoms with Crippen LogP contribution >= 0.6 is 0 Å². The van der Waals surface area contributed by atoms with Crippen molar-refractivity contribution in [2.75, 3.05) is 25.2 Å². The number of nitrogens with zero attached hydrogens (tertiary/aromatic N) is 2. The van der Waals surface area contributed by atoms with Gasteiger partial charge in [-0.05, 0) is 68.0 Å². The summed E-state index contributed by atoms with van der Waals surface area (Å²) in [5.41, 5.74) is 3.93. The maximum Gasteiger partial charge on any atom is 0.348 e. The molecule has 0 saturated carbocycles. The molecule has 0 N–H and O–H groups in total. The van der Waals surface area contributed by atoms with Crippen LogP contribution < -0.4 is 4.90 Å². The van der Waals surface area contributed by atoms with Gasteiger partial charge in [0, 0.05) is 18.2 Å². The number of rotatable bonds is 5. The molecular weight excluding hydrogens is 356 g/mol. The molecule has 1 unspecified atom stereocenters. The van der Waals surface area contributed by atoms with Crippen molar-refractivity contribution in [2.45, 2.75) is 52.5 Å². The number of carbonyl (C=O) groups excluding carboxylic acids is 2. The summed E-state index contributed by atoms with van der Waals surface area (Å²) in [6.07, 6.45) is 2.52. The van der Waals surface area contributed by atoms with Crippen molar-refractivity contribution in [1.82, 2.24) is 0 Å². The van der Waals surface area contributed by atoms with Gasteiger partial charge in [0.2, 0.25) is 0 Å². The molecule has 1 aliphatic heterocycles. The highest BCUT2D eigenvalue weighted by molar-refractivity contribution is 5.98. The molecule has 1 aromatic rings. The lowest BCUT2D eigenvalue weighted by molar-refractivity contribution is -0.140. The molecule has 0 bridgehead atoms. The van der Waals surface area contributed by atoms with Gasteiger partial charge in [0.15, 0.2) is 0 Å². The number of anilines is 1. The number of fused-ring (bicyclic) bond motifs is 1. The number of benzene rings is 1. The number of ether oxygens (including phenoxy) is 2. The Hall–Kier alpha value is -2.81. The molecule has 1 atom stereocenters. The highest BCUT2D eigenvalue weighted by Gasteiger charge is 2.36. The zero-order valence-electron chi connectivity index (χ0n) is 17.5. The first-order valence-corrected chi connectivity index (χ1v) is 9.36. The fraction of sp³-hybridized carbons (Fsp3) is 0.500. The van der Waals surface area contributed by atoms with E-state index in [1.807, 2.05) is 19.1 Å². The maximum absolute atomic E-state index is 11.8. The van der Waals surface area contributed by atoms with Crippen LogP contribution in [0, 0.1) is 18.3 Å². The minimum Gasteiger partial charge on any atom is -0.465 e. The molecule has 1 aliphatic rings. The first kappa shape index (κ1) is 21.5. The van der Waals surface area contributed by atoms with Gasteiger partial charge >= 0.3 is 11.9 Å². The predicted molar refractivity (Wildman–Crippen MR) is 108 cm³/mol. The first-order valence-electron chi connectivity index (χ1n) is 9.36. The third-order valence-electron chi connectivity index (χ3n) is 5.22. The minimum absolute atomic E-state index is 0.0268. The van der Waals surface area contributed by atoms with Crippen molar-refractivity contribution < 1.29 is 19.1 Å². The highest BCUT2D eigenvalue weighted by Crippen LogP contribution is 2.44. The fourth-order valence-electron chi connectivity index (χ4n) is 3.91. The Morgan fingerprint density at radius 2 is 2.07 bits per heavy atom. The second kappa shape index (κ2) is 8.47. The maximum atomic E-state index is 11.8. The molecule has 6 nitrogen and oxygen atoms in total. The molecule has 0 fully saturated rings. The van der Waals surface area contributed by atoms with Crippen molar-refractivity contribution in [3.63, 3.8) is 0 Å². The Morgan fingerprint density at radius 1 is 1.39 bits per heavy atom. The normalized spacial score (nSPS) is 18.1. The quantitative estimate of drug-likeness (QED) is 0.437. The van der Waals surface area contributed by atoms with Crippen LogP contribution in [-0.4, -0.2) is 37.7 Å². The van der Waals surface area contributed by atoms with Gasteiger partial charge in [-0.15, -0.1) is 0 Å². The summed E-state index contributed by atoms with van der Waals surface area (Å²) < 4.78 is 9.84. The summed E-state index contributed by atoms with van der Waals surface area (Å²) in [5, 5.41) is 9.25. The van der Waals surface area contributed by atoms with E-state index in [0.717, 1.165) is 28.8 Å². The van der Waals surface area contributed by atoms with Crippen LogP contribution in [-0.2, 0) is 19.1 Å². The molecule has 0 saturated heterocycles. The SMILES string of the molecule is COC(=O)C(C#N)=Cc1cc2c(cc1C)N(CCOC(C)=O)C(C)(C)CC2C. The Kier molecular flexibility index (Phi) is 6.50. The largest absolute Gasteiger partial charge is 0.465 e. The van der Waals surface area contributed by atoms with Crippen LogP contribution in [0.2, 0.25) is 0 Å². The Morgan fingerprint density at radius 3 is 2.64 bits per heavy atom. The van der Waals surface area contributed by atoms with Gasteiger partial charge in [0.05, 0.1) is 13.7 Å². The number of hydrogen-bond acceptors (Lipinski definition) is 6. The van der Waals surface area contributed by atoms with Crippen molar-refractivity contribution in [2.24, 2.45) is 0 Å². The molecule has 28 heavy (non-hydrogen) atoms. The summed E-state index contributed by atoms with van der Waals surface area (Å²) in [5.74, 6) is -0.616. The molecule has 0 radical (unpaired) electrons. The molecule has 0 aromatic heterocycles. The molecule has 0 aliphatic carbocycles. The molecule has 150 valence electrons. The average molecular weight is 384 g/mol. The van der Waals surface area contributed by atoms with Crippen LogP contribution in [0.25, 0.3) is 6.08 Å². The van der Waals surface area contributed by atoms with E-state index in [9.17, 15) is 14.9 Å². The zero-order valence-corrected chi connectivity index (χ0v) is 17.5. The molecule has 6 heteroatoms. The van der Waals surface area contributed by atoms with E-state index in [2.05, 4.69) is 36.5 Å². The third kappa shape index (κ3) is 4.53. The Labute approximate surface area is 166 Å². The first-order chi connectivity index (χ1) is 13.1. The average Bonchev–Trinajstić information content (AvgIpc) is 2.61. The van der Waals surface area contributed by atoms with Crippen molar-refractivity contribution in [3.05, 3.63) is 34.4 Å². The lowest BCUT2D eigenvalue weighted by Gasteiger charge is -2.47. The van der Waals surface area contributed by atoms with Gasteiger partial charge in [0.1, 0.15) is 18.2 Å². The number of nitriles is 1. The number of esters is 2. The van der Waals surface area contributed by atoms with Crippen molar-refractivity contribution >= 4 is 23.7 Å². The van der Waals surface area contributed by atoms with E-state index in [-0.39, 0.29) is 17.1 Å². The number of hydrogen-bond donors (Lipinski definition) is 0. The minimum atomic E-state index is -0.642. The van der Waals surface area contributed by atoms with Crippen LogP contribution in [0.5, 0.6) is 0 Å². The summed E-state index contributed by atoms with van der Waals surface area (Å²) in [4.78, 5) is 25.2. The van der Waals surface area contributed by atoms with Gasteiger partial charge in [0.25, 0.3) is 0 Å². The molecular formula is C22H28N2O4. The summed E-state index contributed by atoms with van der Waals surface area (Å²) >= 11 is 0. The van der Waals surface area contributed by atoms with Gasteiger partial charge in [-0.3, -0.25) is 4.79 Å². The van der Waals surface area contributed by atoms with Crippen LogP contribution in [0.15, 0.2) is 17.7 Å². The van der Waals surface area contributed by atoms with E-state index in [1.54, 1.807) is 6.08 Å². The molecule has 2 rings (SSSR count). The van der Waals surface area contributed by atoms with E-state index in [0.29, 0.717) is 19.1 Å².